The fourth-order valence-electron chi connectivity index (χ4n) is 1.15. The summed E-state index contributed by atoms with van der Waals surface area (Å²) in [5, 5.41) is 8.62. The molecule has 98 valence electrons. The molecule has 0 aliphatic carbocycles. The smallest absolute Gasteiger partial charge is 0.385 e. The zero-order chi connectivity index (χ0) is 12.7. The molecular formula is C9H14F3N3OS. The van der Waals surface area contributed by atoms with Gasteiger partial charge in [0.05, 0.1) is 0 Å². The van der Waals surface area contributed by atoms with Crippen molar-refractivity contribution in [1.82, 2.24) is 10.2 Å². The third-order valence-electron chi connectivity index (χ3n) is 1.97. The van der Waals surface area contributed by atoms with Gasteiger partial charge in [-0.2, -0.15) is 13.2 Å². The molecular weight excluding hydrogens is 255 g/mol. The fraction of sp³-hybridized carbons (Fsp3) is 0.778. The molecule has 1 aromatic rings. The second kappa shape index (κ2) is 6.75. The Balaban J connectivity index is 2.21. The largest absolute Gasteiger partial charge is 0.445 e. The molecule has 0 saturated carbocycles. The summed E-state index contributed by atoms with van der Waals surface area (Å²) in [6.07, 6.45) is -1.63. The predicted molar refractivity (Wildman–Crippen MR) is 59.1 cm³/mol. The Morgan fingerprint density at radius 3 is 2.59 bits per heavy atom. The van der Waals surface area contributed by atoms with Crippen LogP contribution in [0.25, 0.3) is 0 Å². The topological polar surface area (TPSA) is 47.0 Å². The molecule has 0 aromatic carbocycles. The second-order valence-electron chi connectivity index (χ2n) is 3.39. The summed E-state index contributed by atoms with van der Waals surface area (Å²) >= 11 is 0.525. The summed E-state index contributed by atoms with van der Waals surface area (Å²) in [6, 6.07) is 0. The molecule has 0 saturated heterocycles. The first-order chi connectivity index (χ1) is 8.04. The van der Waals surface area contributed by atoms with Gasteiger partial charge in [0.25, 0.3) is 0 Å². The number of alkyl halides is 3. The lowest BCUT2D eigenvalue weighted by molar-refractivity contribution is -0.138. The average molecular weight is 269 g/mol. The minimum atomic E-state index is -4.41. The molecule has 1 aromatic heterocycles. The lowest BCUT2D eigenvalue weighted by atomic mass is 10.2. The highest BCUT2D eigenvalue weighted by atomic mass is 32.1. The zero-order valence-corrected chi connectivity index (χ0v) is 10.2. The van der Waals surface area contributed by atoms with Crippen LogP contribution in [0.5, 0.6) is 0 Å². The highest BCUT2D eigenvalue weighted by molar-refractivity contribution is 7.15. The molecule has 1 heterocycles. The van der Waals surface area contributed by atoms with E-state index in [1.807, 2.05) is 0 Å². The first-order valence-electron chi connectivity index (χ1n) is 5.17. The lowest BCUT2D eigenvalue weighted by Crippen LogP contribution is -2.03. The molecule has 0 aliphatic heterocycles. The van der Waals surface area contributed by atoms with Crippen molar-refractivity contribution in [3.05, 3.63) is 5.01 Å². The van der Waals surface area contributed by atoms with Crippen LogP contribution < -0.4 is 5.32 Å². The number of hydrogen-bond acceptors (Lipinski definition) is 5. The molecule has 0 radical (unpaired) electrons. The van der Waals surface area contributed by atoms with E-state index in [4.69, 9.17) is 4.74 Å². The first-order valence-corrected chi connectivity index (χ1v) is 5.99. The predicted octanol–water partition coefficient (Wildman–Crippen LogP) is 2.79. The molecule has 4 nitrogen and oxygen atoms in total. The number of ether oxygens (including phenoxy) is 1. The standard InChI is InChI=1S/C9H14F3N3OS/c1-16-6-4-2-3-5-13-8-15-14-7(17-8)9(10,11)12/h2-6H2,1H3,(H,13,15). The Hall–Kier alpha value is -0.890. The number of aromatic nitrogens is 2. The van der Waals surface area contributed by atoms with Crippen molar-refractivity contribution in [2.75, 3.05) is 25.6 Å². The number of anilines is 1. The Bertz CT molecular complexity index is 330. The van der Waals surface area contributed by atoms with Crippen LogP contribution in [0, 0.1) is 0 Å². The average Bonchev–Trinajstić information content (AvgIpc) is 2.71. The Morgan fingerprint density at radius 2 is 2.00 bits per heavy atom. The number of nitrogens with one attached hydrogen (secondary N) is 1. The van der Waals surface area contributed by atoms with E-state index in [9.17, 15) is 13.2 Å². The molecule has 0 bridgehead atoms. The van der Waals surface area contributed by atoms with Crippen LogP contribution in [0.3, 0.4) is 0 Å². The van der Waals surface area contributed by atoms with Gasteiger partial charge in [0.2, 0.25) is 10.1 Å². The molecule has 0 fully saturated rings. The van der Waals surface area contributed by atoms with E-state index >= 15 is 0 Å². The van der Waals surface area contributed by atoms with Crippen LogP contribution in [0.2, 0.25) is 0 Å². The van der Waals surface area contributed by atoms with Crippen molar-refractivity contribution in [2.45, 2.75) is 25.4 Å². The fourth-order valence-corrected chi connectivity index (χ4v) is 1.79. The van der Waals surface area contributed by atoms with Gasteiger partial charge in [-0.05, 0) is 19.3 Å². The van der Waals surface area contributed by atoms with Crippen molar-refractivity contribution in [1.29, 1.82) is 0 Å². The number of rotatable bonds is 7. The van der Waals surface area contributed by atoms with Crippen LogP contribution in [0.1, 0.15) is 24.3 Å². The van der Waals surface area contributed by atoms with E-state index < -0.39 is 11.2 Å². The maximum Gasteiger partial charge on any atom is 0.445 e. The minimum absolute atomic E-state index is 0.212. The van der Waals surface area contributed by atoms with Gasteiger partial charge >= 0.3 is 6.18 Å². The molecule has 8 heteroatoms. The molecule has 0 spiro atoms. The van der Waals surface area contributed by atoms with Gasteiger partial charge in [0.15, 0.2) is 0 Å². The number of halogens is 3. The summed E-state index contributed by atoms with van der Waals surface area (Å²) in [7, 11) is 1.64. The molecule has 0 aliphatic rings. The van der Waals surface area contributed by atoms with Crippen LogP contribution >= 0.6 is 11.3 Å². The molecule has 0 atom stereocenters. The SMILES string of the molecule is COCCCCCNc1nnc(C(F)(F)F)s1. The maximum absolute atomic E-state index is 12.2. The number of nitrogens with zero attached hydrogens (tertiary/aromatic N) is 2. The van der Waals surface area contributed by atoms with Gasteiger partial charge < -0.3 is 10.1 Å². The Morgan fingerprint density at radius 1 is 1.24 bits per heavy atom. The van der Waals surface area contributed by atoms with Gasteiger partial charge in [0.1, 0.15) is 0 Å². The van der Waals surface area contributed by atoms with Crippen LogP contribution in [0.15, 0.2) is 0 Å². The monoisotopic (exact) mass is 269 g/mol. The number of hydrogen-bond donors (Lipinski definition) is 1. The number of unbranched alkanes of at least 4 members (excludes halogenated alkanes) is 2. The van der Waals surface area contributed by atoms with E-state index in [0.29, 0.717) is 24.5 Å². The highest BCUT2D eigenvalue weighted by Gasteiger charge is 2.35. The van der Waals surface area contributed by atoms with Crippen LogP contribution in [0.4, 0.5) is 18.3 Å². The highest BCUT2D eigenvalue weighted by Crippen LogP contribution is 2.32. The van der Waals surface area contributed by atoms with E-state index in [-0.39, 0.29) is 5.13 Å². The minimum Gasteiger partial charge on any atom is -0.385 e. The van der Waals surface area contributed by atoms with Gasteiger partial charge in [0, 0.05) is 20.3 Å². The summed E-state index contributed by atoms with van der Waals surface area (Å²) < 4.78 is 41.5. The summed E-state index contributed by atoms with van der Waals surface area (Å²) in [5.74, 6) is 0. The van der Waals surface area contributed by atoms with Gasteiger partial charge in [-0.3, -0.25) is 0 Å². The Kier molecular flexibility index (Phi) is 5.63. The normalized spacial score (nSPS) is 11.8. The first kappa shape index (κ1) is 14.2. The molecule has 0 amide bonds. The van der Waals surface area contributed by atoms with E-state index in [1.54, 1.807) is 7.11 Å². The number of methoxy groups -OCH3 is 1. The quantitative estimate of drug-likeness (QED) is 0.773. The summed E-state index contributed by atoms with van der Waals surface area (Å²) in [5.41, 5.74) is 0. The second-order valence-corrected chi connectivity index (χ2v) is 4.37. The van der Waals surface area contributed by atoms with Crippen LogP contribution in [-0.2, 0) is 10.9 Å². The molecule has 0 unspecified atom stereocenters. The summed E-state index contributed by atoms with van der Waals surface area (Å²) in [4.78, 5) is 0. The third-order valence-corrected chi connectivity index (χ3v) is 2.89. The molecule has 17 heavy (non-hydrogen) atoms. The van der Waals surface area contributed by atoms with E-state index in [2.05, 4.69) is 15.5 Å². The molecule has 1 N–H and O–H groups in total. The van der Waals surface area contributed by atoms with E-state index in [0.717, 1.165) is 19.3 Å². The maximum atomic E-state index is 12.2. The van der Waals surface area contributed by atoms with Gasteiger partial charge in [-0.15, -0.1) is 10.2 Å². The van der Waals surface area contributed by atoms with Crippen molar-refractivity contribution in [3.8, 4) is 0 Å². The summed E-state index contributed by atoms with van der Waals surface area (Å²) in [6.45, 7) is 1.30. The van der Waals surface area contributed by atoms with Crippen molar-refractivity contribution in [2.24, 2.45) is 0 Å². The third kappa shape index (κ3) is 5.31. The van der Waals surface area contributed by atoms with E-state index in [1.165, 1.54) is 0 Å². The van der Waals surface area contributed by atoms with Gasteiger partial charge in [-0.1, -0.05) is 11.3 Å². The van der Waals surface area contributed by atoms with Crippen molar-refractivity contribution >= 4 is 16.5 Å². The van der Waals surface area contributed by atoms with Gasteiger partial charge in [-0.25, -0.2) is 0 Å². The Labute approximate surface area is 101 Å². The van der Waals surface area contributed by atoms with Crippen molar-refractivity contribution < 1.29 is 17.9 Å². The zero-order valence-electron chi connectivity index (χ0n) is 9.38. The molecule has 1 rings (SSSR count). The van der Waals surface area contributed by atoms with Crippen molar-refractivity contribution in [3.63, 3.8) is 0 Å². The lowest BCUT2D eigenvalue weighted by Gasteiger charge is -2.01. The van der Waals surface area contributed by atoms with Crippen LogP contribution in [-0.4, -0.2) is 30.5 Å².